The van der Waals surface area contributed by atoms with Gasteiger partial charge in [0.25, 0.3) is 0 Å². The number of nitrogens with one attached hydrogen (secondary N) is 1. The van der Waals surface area contributed by atoms with Crippen molar-refractivity contribution in [3.8, 4) is 0 Å². The molecule has 0 spiro atoms. The van der Waals surface area contributed by atoms with Crippen LogP contribution in [-0.4, -0.2) is 107 Å². The first-order chi connectivity index (χ1) is 11.5. The second kappa shape index (κ2) is 12.5. The monoisotopic (exact) mass is 423 g/mol. The van der Waals surface area contributed by atoms with Gasteiger partial charge in [-0.25, -0.2) is 13.1 Å². The van der Waals surface area contributed by atoms with Crippen LogP contribution in [0.1, 0.15) is 12.8 Å². The lowest BCUT2D eigenvalue weighted by Crippen LogP contribution is -2.52. The number of ether oxygens (including phenoxy) is 2. The quantitative estimate of drug-likeness (QED) is 0.265. The van der Waals surface area contributed by atoms with Gasteiger partial charge in [-0.2, -0.15) is 0 Å². The summed E-state index contributed by atoms with van der Waals surface area (Å²) in [5.41, 5.74) is 0. The van der Waals surface area contributed by atoms with Crippen molar-refractivity contribution < 1.29 is 63.7 Å². The average molecular weight is 423 g/mol. The van der Waals surface area contributed by atoms with Crippen molar-refractivity contribution in [1.29, 1.82) is 0 Å². The van der Waals surface area contributed by atoms with Gasteiger partial charge in [0.2, 0.25) is 0 Å². The third kappa shape index (κ3) is 10.2. The van der Waals surface area contributed by atoms with E-state index in [2.05, 4.69) is 4.74 Å². The molecule has 14 nitrogen and oxygen atoms in total. The minimum Gasteiger partial charge on any atom is -0.735 e. The number of carbonyl (C=O) groups is 1. The highest BCUT2D eigenvalue weighted by Crippen LogP contribution is 2.14. The number of carboxylic acids is 1. The number of carboxylic acid groups (broad SMARTS) is 1. The molecule has 6 unspecified atom stereocenters. The van der Waals surface area contributed by atoms with Crippen LogP contribution in [0.25, 0.3) is 0 Å². The number of aliphatic carboxylic acids is 1. The van der Waals surface area contributed by atoms with E-state index in [0.29, 0.717) is 0 Å². The SMILES string of the molecule is O.O.O=C([O-])C1CC(O)C(O)CO1.O=S(=O)([O-])NC1COC(CO)CC1O. The minimum absolute atomic E-state index is 0. The van der Waals surface area contributed by atoms with Crippen LogP contribution < -0.4 is 9.83 Å². The molecule has 6 atom stereocenters. The predicted molar refractivity (Wildman–Crippen MR) is 82.7 cm³/mol. The van der Waals surface area contributed by atoms with E-state index in [-0.39, 0.29) is 43.6 Å². The number of hydrogen-bond acceptors (Lipinski definition) is 11. The first-order valence-corrected chi connectivity index (χ1v) is 8.76. The van der Waals surface area contributed by atoms with Crippen molar-refractivity contribution >= 4 is 16.3 Å². The molecule has 0 radical (unpaired) electrons. The molecule has 2 saturated heterocycles. The highest BCUT2D eigenvalue weighted by atomic mass is 32.2. The van der Waals surface area contributed by atoms with E-state index >= 15 is 0 Å². The van der Waals surface area contributed by atoms with Crippen LogP contribution in [0.15, 0.2) is 0 Å². The van der Waals surface area contributed by atoms with E-state index in [1.807, 2.05) is 0 Å². The molecule has 2 fully saturated rings. The van der Waals surface area contributed by atoms with Gasteiger partial charge in [0.15, 0.2) is 10.3 Å². The second-order valence-corrected chi connectivity index (χ2v) is 6.77. The Morgan fingerprint density at radius 1 is 1.04 bits per heavy atom. The second-order valence-electron chi connectivity index (χ2n) is 5.63. The van der Waals surface area contributed by atoms with Crippen LogP contribution in [0.3, 0.4) is 0 Å². The van der Waals surface area contributed by atoms with Gasteiger partial charge in [0.1, 0.15) is 6.10 Å². The van der Waals surface area contributed by atoms with Crippen LogP contribution in [0.5, 0.6) is 0 Å². The molecule has 0 aromatic heterocycles. The summed E-state index contributed by atoms with van der Waals surface area (Å²) in [7, 11) is -4.58. The molecule has 0 saturated carbocycles. The number of aliphatic hydroxyl groups is 4. The third-order valence-electron chi connectivity index (χ3n) is 3.61. The van der Waals surface area contributed by atoms with Gasteiger partial charge in [-0.1, -0.05) is 0 Å². The Balaban J connectivity index is 0. The fourth-order valence-electron chi connectivity index (χ4n) is 2.21. The summed E-state index contributed by atoms with van der Waals surface area (Å²) >= 11 is 0. The Bertz CT molecular complexity index is 529. The summed E-state index contributed by atoms with van der Waals surface area (Å²) < 4.78 is 42.3. The summed E-state index contributed by atoms with van der Waals surface area (Å²) in [5.74, 6) is -1.35. The first kappa shape index (κ1) is 28.2. The molecule has 0 aromatic carbocycles. The summed E-state index contributed by atoms with van der Waals surface area (Å²) in [6.45, 7) is -0.512. The molecule has 2 aliphatic rings. The van der Waals surface area contributed by atoms with E-state index in [1.165, 1.54) is 0 Å². The van der Waals surface area contributed by atoms with Crippen molar-refractivity contribution in [1.82, 2.24) is 4.72 Å². The van der Waals surface area contributed by atoms with Gasteiger partial charge in [-0.15, -0.1) is 0 Å². The highest BCUT2D eigenvalue weighted by molar-refractivity contribution is 7.83. The molecule has 2 heterocycles. The molecular weight excluding hydrogens is 398 g/mol. The molecule has 27 heavy (non-hydrogen) atoms. The van der Waals surface area contributed by atoms with Crippen LogP contribution >= 0.6 is 0 Å². The number of rotatable bonds is 4. The average Bonchev–Trinajstić information content (AvgIpc) is 2.51. The van der Waals surface area contributed by atoms with Crippen LogP contribution in [0.2, 0.25) is 0 Å². The van der Waals surface area contributed by atoms with Gasteiger partial charge in [0.05, 0.1) is 56.2 Å². The molecule has 9 N–H and O–H groups in total. The molecular formula is C12H25NO13S-2. The molecule has 2 aliphatic heterocycles. The summed E-state index contributed by atoms with van der Waals surface area (Å²) in [6, 6.07) is -0.930. The van der Waals surface area contributed by atoms with E-state index < -0.39 is 52.8 Å². The number of carbonyl (C=O) groups excluding carboxylic acids is 1. The lowest BCUT2D eigenvalue weighted by atomic mass is 10.0. The summed E-state index contributed by atoms with van der Waals surface area (Å²) in [6.07, 6.45) is -4.61. The first-order valence-electron chi connectivity index (χ1n) is 7.35. The van der Waals surface area contributed by atoms with Crippen LogP contribution in [0, 0.1) is 0 Å². The van der Waals surface area contributed by atoms with Crippen molar-refractivity contribution in [3.05, 3.63) is 0 Å². The molecule has 2 rings (SSSR count). The maximum atomic E-state index is 10.3. The van der Waals surface area contributed by atoms with E-state index in [0.717, 1.165) is 0 Å². The van der Waals surface area contributed by atoms with Gasteiger partial charge < -0.3 is 55.3 Å². The largest absolute Gasteiger partial charge is 0.735 e. The zero-order valence-corrected chi connectivity index (χ0v) is 14.9. The van der Waals surface area contributed by atoms with Crippen molar-refractivity contribution in [2.45, 2.75) is 49.4 Å². The maximum Gasteiger partial charge on any atom is 0.159 e. The Labute approximate surface area is 154 Å². The smallest absolute Gasteiger partial charge is 0.159 e. The Morgan fingerprint density at radius 2 is 1.63 bits per heavy atom. The standard InChI is InChI=1S/C6H13NO6S.C6H10O5.2H2O/c8-2-4-1-6(9)5(3-13-4)7-14(10,11)12;7-3-1-5(6(9)10)11-2-4(3)8;;/h4-9H,1-3H2,(H,10,11,12);3-5,7-8H,1-2H2,(H,9,10);2*1H2/p-2. The fraction of sp³-hybridized carbons (Fsp3) is 0.917. The predicted octanol–water partition coefficient (Wildman–Crippen LogP) is -6.86. The minimum atomic E-state index is -4.58. The summed E-state index contributed by atoms with van der Waals surface area (Å²) in [4.78, 5) is 10.2. The maximum absolute atomic E-state index is 10.3. The van der Waals surface area contributed by atoms with Gasteiger partial charge in [0, 0.05) is 12.8 Å². The molecule has 0 aliphatic carbocycles. The van der Waals surface area contributed by atoms with Gasteiger partial charge in [-0.05, 0) is 0 Å². The van der Waals surface area contributed by atoms with Crippen LogP contribution in [0.4, 0.5) is 0 Å². The lowest BCUT2D eigenvalue weighted by Gasteiger charge is -2.33. The molecule has 0 bridgehead atoms. The van der Waals surface area contributed by atoms with Gasteiger partial charge >= 0.3 is 0 Å². The van der Waals surface area contributed by atoms with Crippen molar-refractivity contribution in [3.63, 3.8) is 0 Å². The van der Waals surface area contributed by atoms with Gasteiger partial charge in [-0.3, -0.25) is 0 Å². The summed E-state index contributed by atoms with van der Waals surface area (Å²) in [5, 5.41) is 46.1. The fourth-order valence-corrected chi connectivity index (χ4v) is 2.81. The Hall–Kier alpha value is -0.980. The normalized spacial score (nSPS) is 33.5. The Kier molecular flexibility index (Phi) is 13.0. The molecule has 0 amide bonds. The molecule has 0 aromatic rings. The Morgan fingerprint density at radius 3 is 2.04 bits per heavy atom. The van der Waals surface area contributed by atoms with Crippen molar-refractivity contribution in [2.75, 3.05) is 19.8 Å². The third-order valence-corrected chi connectivity index (χ3v) is 4.20. The molecule has 15 heteroatoms. The topological polar surface area (TPSA) is 272 Å². The highest BCUT2D eigenvalue weighted by Gasteiger charge is 2.30. The number of hydrogen-bond donors (Lipinski definition) is 5. The van der Waals surface area contributed by atoms with E-state index in [4.69, 9.17) is 20.1 Å². The van der Waals surface area contributed by atoms with E-state index in [9.17, 15) is 28.0 Å². The van der Waals surface area contributed by atoms with Crippen LogP contribution in [-0.2, 0) is 24.6 Å². The zero-order chi connectivity index (χ0) is 19.2. The number of aliphatic hydroxyl groups excluding tert-OH is 4. The van der Waals surface area contributed by atoms with E-state index in [1.54, 1.807) is 4.72 Å². The zero-order valence-electron chi connectivity index (χ0n) is 14.1. The lowest BCUT2D eigenvalue weighted by molar-refractivity contribution is -0.321. The molecule has 164 valence electrons. The van der Waals surface area contributed by atoms with Crippen molar-refractivity contribution in [2.24, 2.45) is 0 Å².